The highest BCUT2D eigenvalue weighted by Crippen LogP contribution is 2.38. The van der Waals surface area contributed by atoms with Gasteiger partial charge >= 0.3 is 0 Å². The fourth-order valence-electron chi connectivity index (χ4n) is 7.86. The number of rotatable bonds is 12. The SMILES string of the molecule is O=P(c1ccc(N(c2ccc(-c3ccc(-c4ccc(-c5ccc(-c6ccc(N(c7ccccc7)c7ccccc7)cc6)cc5)cc4)cc3)cc2)c2ccc(P(=O)=[SH](=S)I)cc2)cc1)=[SH](=S)I. The van der Waals surface area contributed by atoms with E-state index >= 15 is 0 Å². The quantitative estimate of drug-likeness (QED) is 0.0550. The Balaban J connectivity index is 0.895. The van der Waals surface area contributed by atoms with Gasteiger partial charge < -0.3 is 9.80 Å². The molecule has 4 nitrogen and oxygen atoms in total. The third kappa shape index (κ3) is 10.7. The topological polar surface area (TPSA) is 40.6 Å². The summed E-state index contributed by atoms with van der Waals surface area (Å²) in [5.41, 5.74) is 15.4. The first-order valence-corrected chi connectivity index (χ1v) is 35.0. The van der Waals surface area contributed by atoms with Gasteiger partial charge in [0, 0.05) is 44.7 Å². The Labute approximate surface area is 423 Å². The van der Waals surface area contributed by atoms with Gasteiger partial charge in [0.1, 0.15) is 0 Å². The van der Waals surface area contributed by atoms with Crippen LogP contribution in [-0.2, 0) is 43.1 Å². The van der Waals surface area contributed by atoms with Crippen LogP contribution in [-0.4, -0.2) is 0 Å². The number of anilines is 6. The number of thiol groups is 2. The molecule has 66 heavy (non-hydrogen) atoms. The summed E-state index contributed by atoms with van der Waals surface area (Å²) in [7, 11) is 0. The van der Waals surface area contributed by atoms with Crippen molar-refractivity contribution in [3.8, 4) is 44.5 Å². The summed E-state index contributed by atoms with van der Waals surface area (Å²) in [6, 6.07) is 80.0. The molecule has 9 aromatic carbocycles. The Morgan fingerprint density at radius 1 is 0.288 bits per heavy atom. The zero-order valence-electron chi connectivity index (χ0n) is 35.0. The van der Waals surface area contributed by atoms with Gasteiger partial charge in [-0.15, -0.1) is 0 Å². The molecule has 0 spiro atoms. The lowest BCUT2D eigenvalue weighted by Crippen LogP contribution is -2.11. The average molecular weight is 1190 g/mol. The maximum atomic E-state index is 12.8. The van der Waals surface area contributed by atoms with Gasteiger partial charge in [0.15, 0.2) is 13.2 Å². The van der Waals surface area contributed by atoms with Crippen LogP contribution in [0.5, 0.6) is 0 Å². The summed E-state index contributed by atoms with van der Waals surface area (Å²) in [6.45, 7) is -3.23. The summed E-state index contributed by atoms with van der Waals surface area (Å²) in [5.74, 6) is -2.05. The van der Waals surface area contributed by atoms with Gasteiger partial charge in [-0.05, 0) is 218 Å². The highest BCUT2D eigenvalue weighted by Gasteiger charge is 2.15. The van der Waals surface area contributed by atoms with Crippen molar-refractivity contribution in [2.45, 2.75) is 0 Å². The van der Waals surface area contributed by atoms with E-state index in [2.05, 4.69) is 222 Å². The molecule has 0 saturated carbocycles. The number of para-hydroxylation sites is 2. The van der Waals surface area contributed by atoms with E-state index in [-0.39, 0.29) is 0 Å². The van der Waals surface area contributed by atoms with Crippen LogP contribution in [0.2, 0.25) is 0 Å². The number of hydrogen-bond acceptors (Lipinski definition) is 6. The molecule has 4 unspecified atom stereocenters. The third-order valence-electron chi connectivity index (χ3n) is 11.2. The first-order chi connectivity index (χ1) is 32.2. The van der Waals surface area contributed by atoms with Crippen LogP contribution < -0.4 is 20.4 Å². The Morgan fingerprint density at radius 2 is 0.470 bits per heavy atom. The first kappa shape index (κ1) is 46.5. The maximum absolute atomic E-state index is 12.8. The van der Waals surface area contributed by atoms with Gasteiger partial charge in [-0.25, -0.2) is 0 Å². The standard InChI is InChI=1S/C54H40I2N2O2P2S4/c55-65(63)61(59)53-35-31-51(32-36-53)58(52-33-37-54(38-34-52)62(60)66(56)64)50-29-25-46(26-30-50)44-21-17-42(18-22-44)40-13-11-39(12-14-40)41-15-19-43(20-16-41)45-23-27-49(28-24-45)57(47-7-3-1-4-8-47)48-9-5-2-6-10-48/h1-38,65-66H. The third-order valence-corrected chi connectivity index (χ3v) is 26.1. The van der Waals surface area contributed by atoms with Crippen molar-refractivity contribution < 1.29 is 9.13 Å². The lowest BCUT2D eigenvalue weighted by Gasteiger charge is -2.26. The van der Waals surface area contributed by atoms with Crippen LogP contribution in [0.1, 0.15) is 0 Å². The van der Waals surface area contributed by atoms with E-state index in [1.165, 1.54) is 22.3 Å². The normalized spacial score (nSPS) is 12.5. The molecule has 0 aromatic heterocycles. The Morgan fingerprint density at radius 3 is 0.682 bits per heavy atom. The monoisotopic (exact) mass is 1190 g/mol. The van der Waals surface area contributed by atoms with E-state index in [0.717, 1.165) is 67.0 Å². The summed E-state index contributed by atoms with van der Waals surface area (Å²) in [6.07, 6.45) is 0. The number of hydrogen-bond donors (Lipinski definition) is 2. The van der Waals surface area contributed by atoms with Crippen LogP contribution in [0, 0.1) is 0 Å². The molecule has 0 aliphatic rings. The molecule has 0 aliphatic heterocycles. The lowest BCUT2D eigenvalue weighted by atomic mass is 9.97. The molecule has 0 amide bonds. The molecule has 0 saturated heterocycles. The second-order valence-corrected chi connectivity index (χ2v) is 40.9. The van der Waals surface area contributed by atoms with Crippen LogP contribution in [0.25, 0.3) is 44.5 Å². The fourth-order valence-corrected chi connectivity index (χ4v) is 17.1. The molecule has 9 rings (SSSR count). The molecule has 326 valence electrons. The molecule has 0 N–H and O–H groups in total. The number of nitrogens with zero attached hydrogens (tertiary/aromatic N) is 2. The molecule has 9 aromatic rings. The highest BCUT2D eigenvalue weighted by atomic mass is 127. The van der Waals surface area contributed by atoms with Crippen molar-refractivity contribution >= 4 is 134 Å². The second-order valence-electron chi connectivity index (χ2n) is 15.2. The molecular weight excluding hydrogens is 1150 g/mol. The first-order valence-electron chi connectivity index (χ1n) is 20.8. The molecular formula is C54H40I2N2O2P2S4. The molecule has 12 heteroatoms. The molecule has 4 atom stereocenters. The van der Waals surface area contributed by atoms with Gasteiger partial charge in [-0.2, -0.15) is 0 Å². The minimum atomic E-state index is -1.62. The van der Waals surface area contributed by atoms with Gasteiger partial charge in [-0.3, -0.25) is 9.13 Å². The van der Waals surface area contributed by atoms with Crippen molar-refractivity contribution in [3.63, 3.8) is 0 Å². The minimum Gasteiger partial charge on any atom is -0.311 e. The highest BCUT2D eigenvalue weighted by molar-refractivity contribution is 14.2. The molecule has 0 bridgehead atoms. The molecule has 0 fully saturated rings. The van der Waals surface area contributed by atoms with Crippen LogP contribution in [0.15, 0.2) is 231 Å². The van der Waals surface area contributed by atoms with Gasteiger partial charge in [0.25, 0.3) is 0 Å². The number of benzene rings is 9. The zero-order chi connectivity index (χ0) is 45.6. The summed E-state index contributed by atoms with van der Waals surface area (Å²) < 4.78 is 25.6. The van der Waals surface area contributed by atoms with Crippen LogP contribution in [0.4, 0.5) is 34.1 Å². The summed E-state index contributed by atoms with van der Waals surface area (Å²) >= 11 is 14.9. The van der Waals surface area contributed by atoms with E-state index in [1.54, 1.807) is 0 Å². The summed E-state index contributed by atoms with van der Waals surface area (Å²) in [5, 5.41) is 1.51. The van der Waals surface area contributed by atoms with Crippen molar-refractivity contribution in [1.29, 1.82) is 0 Å². The fraction of sp³-hybridized carbons (Fsp3) is 0. The Kier molecular flexibility index (Phi) is 15.2. The molecule has 0 heterocycles. The van der Waals surface area contributed by atoms with E-state index in [4.69, 9.17) is 22.4 Å². The van der Waals surface area contributed by atoms with Gasteiger partial charge in [-0.1, -0.05) is 133 Å². The van der Waals surface area contributed by atoms with E-state index in [0.29, 0.717) is 0 Å². The van der Waals surface area contributed by atoms with E-state index < -0.39 is 24.8 Å². The lowest BCUT2D eigenvalue weighted by molar-refractivity contribution is 0.601. The van der Waals surface area contributed by atoms with Crippen molar-refractivity contribution in [1.82, 2.24) is 0 Å². The second kappa shape index (κ2) is 21.6. The summed E-state index contributed by atoms with van der Waals surface area (Å²) in [4.78, 5) is 4.42. The van der Waals surface area contributed by atoms with E-state index in [1.807, 2.05) is 60.7 Å². The van der Waals surface area contributed by atoms with Crippen molar-refractivity contribution in [3.05, 3.63) is 231 Å². The van der Waals surface area contributed by atoms with Crippen LogP contribution in [0.3, 0.4) is 0 Å². The largest absolute Gasteiger partial charge is 0.311 e. The van der Waals surface area contributed by atoms with Crippen molar-refractivity contribution in [2.24, 2.45) is 0 Å². The smallest absolute Gasteiger partial charge is 0.166 e. The predicted molar refractivity (Wildman–Crippen MR) is 312 cm³/mol. The minimum absolute atomic E-state index is 0.756. The predicted octanol–water partition coefficient (Wildman–Crippen LogP) is 16.4. The maximum Gasteiger partial charge on any atom is 0.166 e. The molecule has 0 aliphatic carbocycles. The van der Waals surface area contributed by atoms with E-state index in [9.17, 15) is 9.13 Å². The van der Waals surface area contributed by atoms with Gasteiger partial charge in [0.05, 0.1) is 0 Å². The number of halogens is 2. The van der Waals surface area contributed by atoms with Crippen LogP contribution >= 0.6 is 55.6 Å². The van der Waals surface area contributed by atoms with Gasteiger partial charge in [0.2, 0.25) is 0 Å². The Bertz CT molecular complexity index is 3290. The zero-order valence-corrected chi connectivity index (χ0v) is 44.5. The average Bonchev–Trinajstić information content (AvgIpc) is 3.38. The Hall–Kier alpha value is -4.62. The molecule has 0 radical (unpaired) electrons. The van der Waals surface area contributed by atoms with Crippen molar-refractivity contribution in [2.75, 3.05) is 9.80 Å².